The van der Waals surface area contributed by atoms with Gasteiger partial charge in [0.2, 0.25) is 0 Å². The van der Waals surface area contributed by atoms with Crippen molar-refractivity contribution in [2.75, 3.05) is 11.9 Å². The van der Waals surface area contributed by atoms with E-state index < -0.39 is 0 Å². The first kappa shape index (κ1) is 12.6. The van der Waals surface area contributed by atoms with E-state index in [4.69, 9.17) is 0 Å². The highest BCUT2D eigenvalue weighted by molar-refractivity contribution is 7.22. The molecule has 0 fully saturated rings. The van der Waals surface area contributed by atoms with Crippen LogP contribution in [0.25, 0.3) is 10.2 Å². The predicted molar refractivity (Wildman–Crippen MR) is 76.3 cm³/mol. The Morgan fingerprint density at radius 2 is 2.17 bits per heavy atom. The third-order valence-electron chi connectivity index (χ3n) is 2.63. The normalized spacial score (nSPS) is 10.3. The third-order valence-corrected chi connectivity index (χ3v) is 3.56. The van der Waals surface area contributed by atoms with Gasteiger partial charge in [0.1, 0.15) is 0 Å². The number of nitrogens with one attached hydrogen (secondary N) is 2. The van der Waals surface area contributed by atoms with Crippen molar-refractivity contribution in [1.29, 1.82) is 0 Å². The molecule has 0 spiro atoms. The first-order valence-corrected chi connectivity index (χ1v) is 6.45. The van der Waals surface area contributed by atoms with Gasteiger partial charge in [-0.25, -0.2) is 9.78 Å². The van der Waals surface area contributed by atoms with Crippen LogP contribution in [0.2, 0.25) is 0 Å². The molecule has 0 bridgehead atoms. The molecule has 2 amide bonds. The first-order chi connectivity index (χ1) is 8.60. The van der Waals surface area contributed by atoms with Crippen molar-refractivity contribution in [3.63, 3.8) is 0 Å². The van der Waals surface area contributed by atoms with Crippen molar-refractivity contribution in [1.82, 2.24) is 10.3 Å². The quantitative estimate of drug-likeness (QED) is 0.833. The number of urea groups is 1. The van der Waals surface area contributed by atoms with Gasteiger partial charge in [-0.15, -0.1) is 6.58 Å². The van der Waals surface area contributed by atoms with Crippen molar-refractivity contribution in [3.8, 4) is 0 Å². The largest absolute Gasteiger partial charge is 0.334 e. The molecule has 2 rings (SSSR count). The minimum absolute atomic E-state index is 0.262. The predicted octanol–water partition coefficient (Wildman–Crippen LogP) is 3.22. The molecule has 4 nitrogen and oxygen atoms in total. The fraction of sp³-hybridized carbons (Fsp3) is 0.231. The molecule has 2 aromatic rings. The summed E-state index contributed by atoms with van der Waals surface area (Å²) in [6, 6.07) is 3.87. The molecule has 18 heavy (non-hydrogen) atoms. The Bertz CT molecular complexity index is 565. The van der Waals surface area contributed by atoms with Crippen LogP contribution < -0.4 is 10.6 Å². The van der Waals surface area contributed by atoms with Gasteiger partial charge in [0.25, 0.3) is 0 Å². The Morgan fingerprint density at radius 3 is 2.89 bits per heavy atom. The van der Waals surface area contributed by atoms with Gasteiger partial charge < -0.3 is 5.32 Å². The summed E-state index contributed by atoms with van der Waals surface area (Å²) >= 11 is 1.47. The fourth-order valence-electron chi connectivity index (χ4n) is 1.54. The van der Waals surface area contributed by atoms with Gasteiger partial charge in [-0.2, -0.15) is 0 Å². The van der Waals surface area contributed by atoms with E-state index in [1.807, 2.05) is 6.07 Å². The Kier molecular flexibility index (Phi) is 3.62. The van der Waals surface area contributed by atoms with Gasteiger partial charge in [-0.05, 0) is 37.1 Å². The molecule has 1 aromatic carbocycles. The smallest absolute Gasteiger partial charge is 0.321 e. The minimum atomic E-state index is -0.262. The monoisotopic (exact) mass is 261 g/mol. The Balaban J connectivity index is 2.20. The Morgan fingerprint density at radius 1 is 1.44 bits per heavy atom. The summed E-state index contributed by atoms with van der Waals surface area (Å²) in [5.41, 5.74) is 3.35. The average molecular weight is 261 g/mol. The van der Waals surface area contributed by atoms with E-state index in [9.17, 15) is 4.79 Å². The van der Waals surface area contributed by atoms with E-state index in [0.29, 0.717) is 11.7 Å². The molecule has 0 unspecified atom stereocenters. The third kappa shape index (κ3) is 2.68. The van der Waals surface area contributed by atoms with E-state index in [0.717, 1.165) is 10.2 Å². The van der Waals surface area contributed by atoms with Gasteiger partial charge in [0, 0.05) is 6.54 Å². The van der Waals surface area contributed by atoms with Gasteiger partial charge in [0.15, 0.2) is 5.13 Å². The summed E-state index contributed by atoms with van der Waals surface area (Å²) in [7, 11) is 0. The maximum atomic E-state index is 11.5. The van der Waals surface area contributed by atoms with Crippen LogP contribution in [0.15, 0.2) is 24.8 Å². The molecule has 94 valence electrons. The summed E-state index contributed by atoms with van der Waals surface area (Å²) in [6.45, 7) is 8.10. The fourth-order valence-corrected chi connectivity index (χ4v) is 2.48. The zero-order valence-electron chi connectivity index (χ0n) is 10.4. The molecule has 5 heteroatoms. The zero-order valence-corrected chi connectivity index (χ0v) is 11.2. The molecule has 0 radical (unpaired) electrons. The van der Waals surface area contributed by atoms with Gasteiger partial charge in [0.05, 0.1) is 10.2 Å². The van der Waals surface area contributed by atoms with Crippen LogP contribution >= 0.6 is 11.3 Å². The molecule has 0 aliphatic carbocycles. The molecule has 2 N–H and O–H groups in total. The molecule has 1 heterocycles. The lowest BCUT2D eigenvalue weighted by Crippen LogP contribution is -2.28. The number of nitrogens with zero attached hydrogens (tertiary/aromatic N) is 1. The topological polar surface area (TPSA) is 54.0 Å². The van der Waals surface area contributed by atoms with Crippen molar-refractivity contribution >= 4 is 32.7 Å². The number of hydrogen-bond acceptors (Lipinski definition) is 3. The van der Waals surface area contributed by atoms with Crippen LogP contribution in [0.5, 0.6) is 0 Å². The summed E-state index contributed by atoms with van der Waals surface area (Å²) in [6.07, 6.45) is 1.63. The van der Waals surface area contributed by atoms with Crippen LogP contribution in [0.3, 0.4) is 0 Å². The Hall–Kier alpha value is -1.88. The molecule has 0 saturated carbocycles. The number of thiazole rings is 1. The van der Waals surface area contributed by atoms with Gasteiger partial charge >= 0.3 is 6.03 Å². The number of fused-ring (bicyclic) bond motifs is 1. The number of aryl methyl sites for hydroxylation is 2. The number of benzene rings is 1. The number of carbonyl (C=O) groups is 1. The van der Waals surface area contributed by atoms with E-state index in [2.05, 4.69) is 42.1 Å². The van der Waals surface area contributed by atoms with Crippen LogP contribution in [0, 0.1) is 13.8 Å². The van der Waals surface area contributed by atoms with Crippen LogP contribution in [0.1, 0.15) is 11.1 Å². The molecule has 0 atom stereocenters. The summed E-state index contributed by atoms with van der Waals surface area (Å²) in [5, 5.41) is 5.97. The highest BCUT2D eigenvalue weighted by Crippen LogP contribution is 2.28. The SMILES string of the molecule is C=CCNC(=O)Nc1nc2cc(C)c(C)cc2s1. The van der Waals surface area contributed by atoms with E-state index >= 15 is 0 Å². The highest BCUT2D eigenvalue weighted by Gasteiger charge is 2.08. The molecule has 1 aromatic heterocycles. The molecule has 0 saturated heterocycles. The number of rotatable bonds is 3. The van der Waals surface area contributed by atoms with Crippen LogP contribution in [-0.2, 0) is 0 Å². The van der Waals surface area contributed by atoms with E-state index in [1.165, 1.54) is 22.5 Å². The van der Waals surface area contributed by atoms with Crippen LogP contribution in [-0.4, -0.2) is 17.6 Å². The van der Waals surface area contributed by atoms with Gasteiger partial charge in [-0.1, -0.05) is 17.4 Å². The number of aromatic nitrogens is 1. The zero-order chi connectivity index (χ0) is 13.1. The molecule has 0 aliphatic heterocycles. The maximum Gasteiger partial charge on any atom is 0.321 e. The minimum Gasteiger partial charge on any atom is -0.334 e. The summed E-state index contributed by atoms with van der Waals surface area (Å²) < 4.78 is 1.08. The lowest BCUT2D eigenvalue weighted by Gasteiger charge is -2.00. The summed E-state index contributed by atoms with van der Waals surface area (Å²) in [4.78, 5) is 15.9. The maximum absolute atomic E-state index is 11.5. The number of carbonyl (C=O) groups excluding carboxylic acids is 1. The highest BCUT2D eigenvalue weighted by atomic mass is 32.1. The standard InChI is InChI=1S/C13H15N3OS/c1-4-5-14-12(17)16-13-15-10-6-8(2)9(3)7-11(10)18-13/h4,6-7H,1,5H2,2-3H3,(H2,14,15,16,17). The van der Waals surface area contributed by atoms with Crippen molar-refractivity contribution in [3.05, 3.63) is 35.9 Å². The number of hydrogen-bond donors (Lipinski definition) is 2. The van der Waals surface area contributed by atoms with Crippen molar-refractivity contribution in [2.24, 2.45) is 0 Å². The molecular weight excluding hydrogens is 246 g/mol. The van der Waals surface area contributed by atoms with E-state index in [1.54, 1.807) is 6.08 Å². The van der Waals surface area contributed by atoms with Crippen molar-refractivity contribution in [2.45, 2.75) is 13.8 Å². The molecular formula is C13H15N3OS. The van der Waals surface area contributed by atoms with E-state index in [-0.39, 0.29) is 6.03 Å². The summed E-state index contributed by atoms with van der Waals surface area (Å²) in [5.74, 6) is 0. The second-order valence-electron chi connectivity index (χ2n) is 4.05. The first-order valence-electron chi connectivity index (χ1n) is 5.63. The van der Waals surface area contributed by atoms with Gasteiger partial charge in [-0.3, -0.25) is 5.32 Å². The lowest BCUT2D eigenvalue weighted by atomic mass is 10.1. The lowest BCUT2D eigenvalue weighted by molar-refractivity contribution is 0.253. The second-order valence-corrected chi connectivity index (χ2v) is 5.08. The average Bonchev–Trinajstić information content (AvgIpc) is 2.68. The number of amides is 2. The second kappa shape index (κ2) is 5.18. The van der Waals surface area contributed by atoms with Crippen LogP contribution in [0.4, 0.5) is 9.93 Å². The Labute approximate surface area is 110 Å². The van der Waals surface area contributed by atoms with Crippen molar-refractivity contribution < 1.29 is 4.79 Å². The number of anilines is 1. The molecule has 0 aliphatic rings.